The zero-order valence-electron chi connectivity index (χ0n) is 13.4. The maximum atomic E-state index is 12.3. The summed E-state index contributed by atoms with van der Waals surface area (Å²) in [5.74, 6) is 0.519. The van der Waals surface area contributed by atoms with Crippen molar-refractivity contribution >= 4 is 5.91 Å². The lowest BCUT2D eigenvalue weighted by Crippen LogP contribution is -2.35. The molecule has 2 atom stereocenters. The molecule has 1 aromatic heterocycles. The van der Waals surface area contributed by atoms with Gasteiger partial charge < -0.3 is 19.6 Å². The van der Waals surface area contributed by atoms with Crippen LogP contribution in [0.1, 0.15) is 37.3 Å². The fraction of sp³-hybridized carbons (Fsp3) is 0.389. The predicted molar refractivity (Wildman–Crippen MR) is 86.7 cm³/mol. The molecule has 1 heterocycles. The molecular weight excluding hydrogens is 294 g/mol. The number of hydrogen-bond donors (Lipinski definition) is 2. The van der Waals surface area contributed by atoms with Crippen molar-refractivity contribution < 1.29 is 19.1 Å². The Kier molecular flexibility index (Phi) is 6.38. The van der Waals surface area contributed by atoms with Gasteiger partial charge in [-0.15, -0.1) is 0 Å². The van der Waals surface area contributed by atoms with Crippen molar-refractivity contribution in [2.75, 3.05) is 13.2 Å². The van der Waals surface area contributed by atoms with Crippen molar-refractivity contribution in [2.24, 2.45) is 5.92 Å². The number of rotatable bonds is 8. The van der Waals surface area contributed by atoms with Crippen molar-refractivity contribution in [1.82, 2.24) is 5.32 Å². The zero-order chi connectivity index (χ0) is 16.7. The van der Waals surface area contributed by atoms with Crippen molar-refractivity contribution in [3.63, 3.8) is 0 Å². The molecule has 0 fully saturated rings. The first-order chi connectivity index (χ1) is 11.1. The van der Waals surface area contributed by atoms with Gasteiger partial charge in [0.25, 0.3) is 5.91 Å². The number of amides is 1. The van der Waals surface area contributed by atoms with Crippen LogP contribution in [0.15, 0.2) is 53.1 Å². The highest BCUT2D eigenvalue weighted by Crippen LogP contribution is 2.18. The molecule has 1 aromatic carbocycles. The Hall–Kier alpha value is -2.11. The average molecular weight is 317 g/mol. The Morgan fingerprint density at radius 2 is 1.91 bits per heavy atom. The van der Waals surface area contributed by atoms with Crippen LogP contribution in [0.25, 0.3) is 0 Å². The van der Waals surface area contributed by atoms with Gasteiger partial charge in [0.15, 0.2) is 6.10 Å². The zero-order valence-corrected chi connectivity index (χ0v) is 13.4. The average Bonchev–Trinajstić information content (AvgIpc) is 3.08. The van der Waals surface area contributed by atoms with E-state index in [2.05, 4.69) is 19.2 Å². The topological polar surface area (TPSA) is 71.7 Å². The molecule has 0 aliphatic rings. The summed E-state index contributed by atoms with van der Waals surface area (Å²) in [5.41, 5.74) is 0.547. The molecule has 2 unspecified atom stereocenters. The minimum Gasteiger partial charge on any atom is -0.467 e. The molecule has 2 aromatic rings. The Morgan fingerprint density at radius 3 is 2.52 bits per heavy atom. The molecule has 0 radical (unpaired) electrons. The highest BCUT2D eigenvalue weighted by Gasteiger charge is 2.23. The number of carbonyl (C=O) groups is 1. The van der Waals surface area contributed by atoms with Gasteiger partial charge >= 0.3 is 0 Å². The molecule has 5 heteroatoms. The molecule has 2 rings (SSSR count). The molecule has 1 amide bonds. The minimum absolute atomic E-state index is 0.291. The highest BCUT2D eigenvalue weighted by molar-refractivity contribution is 5.82. The maximum absolute atomic E-state index is 12.3. The van der Waals surface area contributed by atoms with E-state index in [4.69, 9.17) is 9.15 Å². The van der Waals surface area contributed by atoms with Gasteiger partial charge in [-0.2, -0.15) is 0 Å². The van der Waals surface area contributed by atoms with Gasteiger partial charge in [0.2, 0.25) is 0 Å². The fourth-order valence-electron chi connectivity index (χ4n) is 2.14. The summed E-state index contributed by atoms with van der Waals surface area (Å²) in [5, 5.41) is 12.9. The van der Waals surface area contributed by atoms with Crippen LogP contribution in [0, 0.1) is 5.92 Å². The molecule has 0 aliphatic heterocycles. The second-order valence-corrected chi connectivity index (χ2v) is 5.82. The lowest BCUT2D eigenvalue weighted by atomic mass is 10.1. The Morgan fingerprint density at radius 1 is 1.17 bits per heavy atom. The van der Waals surface area contributed by atoms with Crippen LogP contribution in [-0.4, -0.2) is 24.2 Å². The molecule has 0 bridgehead atoms. The smallest absolute Gasteiger partial charge is 0.254 e. The number of hydrogen-bond acceptors (Lipinski definition) is 4. The van der Waals surface area contributed by atoms with E-state index in [9.17, 15) is 9.90 Å². The number of nitrogens with one attached hydrogen (secondary N) is 1. The first kappa shape index (κ1) is 17.2. The second-order valence-electron chi connectivity index (χ2n) is 5.82. The summed E-state index contributed by atoms with van der Waals surface area (Å²) >= 11 is 0. The van der Waals surface area contributed by atoms with E-state index < -0.39 is 18.1 Å². The van der Waals surface area contributed by atoms with Crippen molar-refractivity contribution in [2.45, 2.75) is 26.0 Å². The predicted octanol–water partition coefficient (Wildman–Crippen LogP) is 2.84. The Labute approximate surface area is 136 Å². The number of benzene rings is 1. The van der Waals surface area contributed by atoms with E-state index in [1.165, 1.54) is 0 Å². The maximum Gasteiger partial charge on any atom is 0.254 e. The van der Waals surface area contributed by atoms with Crippen molar-refractivity contribution in [3.05, 3.63) is 60.1 Å². The molecule has 2 N–H and O–H groups in total. The lowest BCUT2D eigenvalue weighted by molar-refractivity contribution is -0.131. The molecule has 5 nitrogen and oxygen atoms in total. The van der Waals surface area contributed by atoms with E-state index in [-0.39, 0.29) is 0 Å². The minimum atomic E-state index is -1.22. The van der Waals surface area contributed by atoms with Crippen LogP contribution >= 0.6 is 0 Å². The lowest BCUT2D eigenvalue weighted by Gasteiger charge is -2.20. The van der Waals surface area contributed by atoms with E-state index >= 15 is 0 Å². The molecule has 0 saturated carbocycles. The largest absolute Gasteiger partial charge is 0.467 e. The third-order valence-corrected chi connectivity index (χ3v) is 3.30. The third-order valence-electron chi connectivity index (χ3n) is 3.30. The van der Waals surface area contributed by atoms with Crippen LogP contribution in [-0.2, 0) is 9.53 Å². The molecule has 124 valence electrons. The van der Waals surface area contributed by atoms with Crippen LogP contribution in [0.5, 0.6) is 0 Å². The van der Waals surface area contributed by atoms with E-state index in [0.717, 1.165) is 0 Å². The summed E-state index contributed by atoms with van der Waals surface area (Å²) in [6.45, 7) is 4.99. The highest BCUT2D eigenvalue weighted by atomic mass is 16.5. The molecular formula is C18H23NO4. The number of furan rings is 1. The van der Waals surface area contributed by atoms with Gasteiger partial charge in [0.1, 0.15) is 11.8 Å². The van der Waals surface area contributed by atoms with Gasteiger partial charge in [-0.1, -0.05) is 44.2 Å². The number of aliphatic hydroxyl groups excluding tert-OH is 1. The molecule has 0 spiro atoms. The van der Waals surface area contributed by atoms with Gasteiger partial charge in [-0.05, 0) is 23.6 Å². The third kappa shape index (κ3) is 5.23. The van der Waals surface area contributed by atoms with Crippen LogP contribution in [0.3, 0.4) is 0 Å². The summed E-state index contributed by atoms with van der Waals surface area (Å²) in [6.07, 6.45) is 0.323. The number of ether oxygens (including phenoxy) is 1. The molecule has 0 saturated heterocycles. The standard InChI is InChI=1S/C18H23NO4/c1-13(2)11-22-12-15(16-9-6-10-23-16)19-18(21)17(20)14-7-4-3-5-8-14/h3-10,13,15,17,20H,11-12H2,1-2H3,(H,19,21). The quantitative estimate of drug-likeness (QED) is 0.785. The Bertz CT molecular complexity index is 580. The van der Waals surface area contributed by atoms with Gasteiger partial charge in [0, 0.05) is 6.61 Å². The molecule has 0 aliphatic carbocycles. The number of aliphatic hydroxyl groups is 1. The van der Waals surface area contributed by atoms with E-state index in [1.54, 1.807) is 42.7 Å². The summed E-state index contributed by atoms with van der Waals surface area (Å²) in [6, 6.07) is 11.9. The summed E-state index contributed by atoms with van der Waals surface area (Å²) in [7, 11) is 0. The summed E-state index contributed by atoms with van der Waals surface area (Å²) < 4.78 is 11.0. The van der Waals surface area contributed by atoms with E-state index in [0.29, 0.717) is 30.5 Å². The Balaban J connectivity index is 2.00. The van der Waals surface area contributed by atoms with Crippen molar-refractivity contribution in [3.8, 4) is 0 Å². The first-order valence-corrected chi connectivity index (χ1v) is 7.72. The van der Waals surface area contributed by atoms with E-state index in [1.807, 2.05) is 6.07 Å². The summed E-state index contributed by atoms with van der Waals surface area (Å²) in [4.78, 5) is 12.3. The first-order valence-electron chi connectivity index (χ1n) is 7.72. The van der Waals surface area contributed by atoms with Crippen LogP contribution in [0.4, 0.5) is 0 Å². The molecule has 23 heavy (non-hydrogen) atoms. The second kappa shape index (κ2) is 8.50. The van der Waals surface area contributed by atoms with Gasteiger partial charge in [-0.3, -0.25) is 4.79 Å². The fourth-order valence-corrected chi connectivity index (χ4v) is 2.14. The van der Waals surface area contributed by atoms with Gasteiger partial charge in [-0.25, -0.2) is 0 Å². The SMILES string of the molecule is CC(C)COCC(NC(=O)C(O)c1ccccc1)c1ccco1. The normalized spacial score (nSPS) is 13.7. The van der Waals surface area contributed by atoms with Gasteiger partial charge in [0.05, 0.1) is 12.9 Å². The monoisotopic (exact) mass is 317 g/mol. The van der Waals surface area contributed by atoms with Crippen LogP contribution in [0.2, 0.25) is 0 Å². The van der Waals surface area contributed by atoms with Crippen LogP contribution < -0.4 is 5.32 Å². The number of carbonyl (C=O) groups excluding carboxylic acids is 1. The van der Waals surface area contributed by atoms with Crippen molar-refractivity contribution in [1.29, 1.82) is 0 Å².